The Hall–Kier alpha value is -4.49. The van der Waals surface area contributed by atoms with Crippen LogP contribution >= 0.6 is 0 Å². The SMILES string of the molecule is CCCCc1ccc(-c2ncc(C(=O)NCC(=O)NC(CCCCN)C(=O)N[C@@H](C)C(=O)NC(CCCCN)C(=O)N[C@@H](C)B3O[C@@H]4CC5CC(C5(C)C)[C@]4(C)O3)cn2)cc1.CCN. The molecule has 3 aliphatic carbocycles. The molecule has 4 fully saturated rings. The summed E-state index contributed by atoms with van der Waals surface area (Å²) in [4.78, 5) is 75.3. The van der Waals surface area contributed by atoms with E-state index in [1.54, 1.807) is 0 Å². The van der Waals surface area contributed by atoms with Crippen molar-refractivity contribution in [1.82, 2.24) is 36.6 Å². The summed E-state index contributed by atoms with van der Waals surface area (Å²) in [6.45, 7) is 15.3. The molecule has 0 radical (unpaired) electrons. The molecule has 4 aliphatic rings. The minimum Gasteiger partial charge on any atom is -0.404 e. The summed E-state index contributed by atoms with van der Waals surface area (Å²) in [6.07, 6.45) is 11.0. The lowest BCUT2D eigenvalue weighted by Crippen LogP contribution is -2.65. The zero-order valence-corrected chi connectivity index (χ0v) is 39.2. The van der Waals surface area contributed by atoms with Crippen LogP contribution in [-0.4, -0.2) is 109 Å². The average Bonchev–Trinajstić information content (AvgIpc) is 3.65. The summed E-state index contributed by atoms with van der Waals surface area (Å²) in [7, 11) is -0.628. The molecule has 18 heteroatoms. The van der Waals surface area contributed by atoms with E-state index >= 15 is 0 Å². The van der Waals surface area contributed by atoms with Gasteiger partial charge in [-0.25, -0.2) is 9.97 Å². The van der Waals surface area contributed by atoms with Crippen LogP contribution in [0.4, 0.5) is 0 Å². The van der Waals surface area contributed by atoms with E-state index in [-0.39, 0.29) is 23.5 Å². The Kier molecular flexibility index (Phi) is 20.1. The number of aryl methyl sites for hydroxylation is 1. The zero-order valence-electron chi connectivity index (χ0n) is 39.2. The van der Waals surface area contributed by atoms with Gasteiger partial charge in [-0.1, -0.05) is 58.4 Å². The van der Waals surface area contributed by atoms with E-state index in [1.807, 2.05) is 38.1 Å². The summed E-state index contributed by atoms with van der Waals surface area (Å²) in [5, 5.41) is 13.7. The first-order valence-corrected chi connectivity index (χ1v) is 23.4. The van der Waals surface area contributed by atoms with Gasteiger partial charge in [0.15, 0.2) is 5.82 Å². The highest BCUT2D eigenvalue weighted by atomic mass is 16.7. The van der Waals surface area contributed by atoms with Gasteiger partial charge in [0.25, 0.3) is 5.91 Å². The molecule has 1 aromatic carbocycles. The van der Waals surface area contributed by atoms with Crippen LogP contribution in [0.25, 0.3) is 11.4 Å². The van der Waals surface area contributed by atoms with E-state index in [0.717, 1.165) is 44.2 Å². The first-order chi connectivity index (χ1) is 30.5. The van der Waals surface area contributed by atoms with Crippen molar-refractivity contribution in [3.05, 3.63) is 47.8 Å². The average molecular weight is 891 g/mol. The number of nitrogens with two attached hydrogens (primary N) is 3. The van der Waals surface area contributed by atoms with Crippen LogP contribution in [-0.2, 0) is 34.9 Å². The van der Waals surface area contributed by atoms with Crippen LogP contribution in [0.3, 0.4) is 0 Å². The summed E-state index contributed by atoms with van der Waals surface area (Å²) in [6, 6.07) is 5.03. The Morgan fingerprint density at radius 2 is 1.39 bits per heavy atom. The maximum absolute atomic E-state index is 13.7. The third-order valence-electron chi connectivity index (χ3n) is 13.0. The van der Waals surface area contributed by atoms with Crippen molar-refractivity contribution in [1.29, 1.82) is 0 Å². The predicted molar refractivity (Wildman–Crippen MR) is 248 cm³/mol. The van der Waals surface area contributed by atoms with E-state index < -0.39 is 72.9 Å². The smallest absolute Gasteiger partial charge is 0.404 e. The Labute approximate surface area is 380 Å². The number of benzene rings is 1. The number of hydrogen-bond donors (Lipinski definition) is 8. The van der Waals surface area contributed by atoms with Crippen LogP contribution in [0.2, 0.25) is 0 Å². The molecule has 1 aliphatic heterocycles. The third kappa shape index (κ3) is 13.8. The molecule has 1 aromatic heterocycles. The molecule has 8 atom stereocenters. The molecule has 6 rings (SSSR count). The van der Waals surface area contributed by atoms with E-state index in [2.05, 4.69) is 64.2 Å². The molecule has 4 unspecified atom stereocenters. The van der Waals surface area contributed by atoms with Crippen molar-refractivity contribution >= 4 is 36.7 Å². The number of amides is 5. The van der Waals surface area contributed by atoms with Gasteiger partial charge in [-0.3, -0.25) is 24.0 Å². The van der Waals surface area contributed by atoms with Crippen molar-refractivity contribution in [2.24, 2.45) is 34.5 Å². The van der Waals surface area contributed by atoms with Gasteiger partial charge >= 0.3 is 7.12 Å². The molecule has 2 heterocycles. The van der Waals surface area contributed by atoms with Gasteiger partial charge < -0.3 is 53.1 Å². The van der Waals surface area contributed by atoms with Crippen LogP contribution in [0.5, 0.6) is 0 Å². The van der Waals surface area contributed by atoms with Gasteiger partial charge in [0.1, 0.15) is 18.1 Å². The number of hydrogen-bond acceptors (Lipinski definition) is 12. The number of carbonyl (C=O) groups excluding carboxylic acids is 5. The van der Waals surface area contributed by atoms with Crippen molar-refractivity contribution < 1.29 is 33.3 Å². The lowest BCUT2D eigenvalue weighted by atomic mass is 9.43. The highest BCUT2D eigenvalue weighted by Gasteiger charge is 2.68. The second-order valence-electron chi connectivity index (χ2n) is 18.3. The van der Waals surface area contributed by atoms with Crippen LogP contribution in [0, 0.1) is 17.3 Å². The predicted octanol–water partition coefficient (Wildman–Crippen LogP) is 2.69. The Morgan fingerprint density at radius 3 is 1.97 bits per heavy atom. The number of carbonyl (C=O) groups is 5. The van der Waals surface area contributed by atoms with E-state index in [9.17, 15) is 24.0 Å². The molecule has 354 valence electrons. The maximum atomic E-state index is 13.7. The maximum Gasteiger partial charge on any atom is 0.481 e. The van der Waals surface area contributed by atoms with Crippen LogP contribution < -0.4 is 43.8 Å². The van der Waals surface area contributed by atoms with Crippen molar-refractivity contribution in [2.75, 3.05) is 26.2 Å². The fourth-order valence-corrected chi connectivity index (χ4v) is 9.01. The normalized spacial score (nSPS) is 22.2. The first kappa shape index (κ1) is 52.1. The summed E-state index contributed by atoms with van der Waals surface area (Å²) >= 11 is 0. The molecule has 11 N–H and O–H groups in total. The molecular weight excluding hydrogens is 815 g/mol. The van der Waals surface area contributed by atoms with Crippen molar-refractivity contribution in [3.63, 3.8) is 0 Å². The van der Waals surface area contributed by atoms with Gasteiger partial charge in [0.2, 0.25) is 23.6 Å². The zero-order chi connectivity index (χ0) is 47.0. The van der Waals surface area contributed by atoms with Gasteiger partial charge in [-0.05, 0) is 127 Å². The van der Waals surface area contributed by atoms with Gasteiger partial charge in [-0.15, -0.1) is 0 Å². The Balaban J connectivity index is 0.00000291. The lowest BCUT2D eigenvalue weighted by Gasteiger charge is -2.64. The lowest BCUT2D eigenvalue weighted by molar-refractivity contribution is -0.199. The largest absolute Gasteiger partial charge is 0.481 e. The number of unbranched alkanes of at least 4 members (excludes halogenated alkanes) is 3. The first-order valence-electron chi connectivity index (χ1n) is 23.4. The minimum absolute atomic E-state index is 0.0385. The van der Waals surface area contributed by atoms with Crippen LogP contribution in [0.15, 0.2) is 36.7 Å². The number of nitrogens with one attached hydrogen (secondary N) is 5. The number of nitrogens with zero attached hydrogens (tertiary/aromatic N) is 2. The summed E-state index contributed by atoms with van der Waals surface area (Å²) in [5.41, 5.74) is 18.3. The summed E-state index contributed by atoms with van der Waals surface area (Å²) in [5.74, 6) is -1.76. The topological polar surface area (TPSA) is 268 Å². The molecule has 64 heavy (non-hydrogen) atoms. The van der Waals surface area contributed by atoms with E-state index in [0.29, 0.717) is 62.9 Å². The molecule has 17 nitrogen and oxygen atoms in total. The molecule has 3 saturated carbocycles. The standard InChI is InChI=1S/C44H68BN9O7.C2H7N/c1-7-8-13-29-16-18-30(19-17-29)38-48-24-31(25-49-38)40(57)50-26-37(55)53-33(14-9-11-20-46)41(58)51-27(2)39(56)54-34(15-10-12-21-47)42(59)52-28(3)45-60-36-23-32-22-35(43(32,4)5)44(36,6)61-45;1-2-3/h16-19,24-25,27-28,32-36H,7-15,20-23,26,46-47H2,1-6H3,(H,50,57)(H,51,58)(H,52,59)(H,53,55)(H,54,56);2-3H2,1H3/t27-,28-,32?,33?,34?,35?,36+,44-;/m0./s1. The second-order valence-corrected chi connectivity index (χ2v) is 18.3. The van der Waals surface area contributed by atoms with Crippen molar-refractivity contribution in [2.45, 2.75) is 155 Å². The molecule has 5 amide bonds. The molecule has 2 bridgehead atoms. The van der Waals surface area contributed by atoms with Crippen LogP contribution in [0.1, 0.15) is 129 Å². The number of aromatic nitrogens is 2. The van der Waals surface area contributed by atoms with Gasteiger partial charge in [-0.2, -0.15) is 0 Å². The fourth-order valence-electron chi connectivity index (χ4n) is 9.01. The monoisotopic (exact) mass is 891 g/mol. The highest BCUT2D eigenvalue weighted by molar-refractivity contribution is 6.47. The van der Waals surface area contributed by atoms with Crippen molar-refractivity contribution in [3.8, 4) is 11.4 Å². The number of rotatable bonds is 23. The van der Waals surface area contributed by atoms with Gasteiger partial charge in [0, 0.05) is 18.0 Å². The molecule has 2 aromatic rings. The molecule has 1 saturated heterocycles. The molecular formula is C46H75BN10O7. The quantitative estimate of drug-likeness (QED) is 0.0592. The second kappa shape index (κ2) is 24.7. The van der Waals surface area contributed by atoms with E-state index in [1.165, 1.54) is 24.9 Å². The highest BCUT2D eigenvalue weighted by Crippen LogP contribution is 2.65. The minimum atomic E-state index is -1.05. The van der Waals surface area contributed by atoms with Gasteiger partial charge in [0.05, 0.1) is 29.8 Å². The van der Waals surface area contributed by atoms with E-state index in [4.69, 9.17) is 26.5 Å². The fraction of sp³-hybridized carbons (Fsp3) is 0.674. The summed E-state index contributed by atoms with van der Waals surface area (Å²) < 4.78 is 12.9. The third-order valence-corrected chi connectivity index (χ3v) is 13.0. The Bertz CT molecular complexity index is 1840. The molecule has 0 spiro atoms. The Morgan fingerprint density at radius 1 is 0.797 bits per heavy atom.